The van der Waals surface area contributed by atoms with Crippen LogP contribution in [0, 0.1) is 0 Å². The molecule has 2 aliphatic rings. The number of benzene rings is 2. The van der Waals surface area contributed by atoms with E-state index in [1.807, 2.05) is 6.07 Å². The third-order valence-electron chi connectivity index (χ3n) is 4.51. The number of anilines is 1. The third-order valence-corrected chi connectivity index (χ3v) is 6.05. The van der Waals surface area contributed by atoms with Gasteiger partial charge in [-0.3, -0.25) is 4.79 Å². The van der Waals surface area contributed by atoms with Gasteiger partial charge in [-0.25, -0.2) is 13.1 Å². The number of ether oxygens (including phenoxy) is 2. The van der Waals surface area contributed by atoms with E-state index in [0.29, 0.717) is 30.0 Å². The maximum Gasteiger partial charge on any atom is 0.241 e. The van der Waals surface area contributed by atoms with Crippen LogP contribution >= 0.6 is 0 Å². The molecule has 2 aromatic rings. The van der Waals surface area contributed by atoms with E-state index in [9.17, 15) is 13.2 Å². The summed E-state index contributed by atoms with van der Waals surface area (Å²) in [5, 5.41) is 2.75. The van der Waals surface area contributed by atoms with E-state index in [-0.39, 0.29) is 17.6 Å². The van der Waals surface area contributed by atoms with Crippen LogP contribution in [0.5, 0.6) is 11.5 Å². The van der Waals surface area contributed by atoms with Gasteiger partial charge in [-0.1, -0.05) is 6.07 Å². The molecule has 1 atom stereocenters. The molecule has 2 N–H and O–H groups in total. The Morgan fingerprint density at radius 3 is 2.73 bits per heavy atom. The number of rotatable bonds is 4. The summed E-state index contributed by atoms with van der Waals surface area (Å²) in [6.45, 7) is 1.94. The number of sulfonamides is 1. The van der Waals surface area contributed by atoms with Gasteiger partial charge in [0.1, 0.15) is 0 Å². The van der Waals surface area contributed by atoms with E-state index < -0.39 is 16.1 Å². The Labute approximate surface area is 151 Å². The summed E-state index contributed by atoms with van der Waals surface area (Å²) in [5.74, 6) is 1.21. The van der Waals surface area contributed by atoms with E-state index in [0.717, 1.165) is 11.1 Å². The number of aryl methyl sites for hydroxylation is 1. The van der Waals surface area contributed by atoms with Crippen LogP contribution in [0.2, 0.25) is 0 Å². The fourth-order valence-corrected chi connectivity index (χ4v) is 4.36. The van der Waals surface area contributed by atoms with Crippen LogP contribution in [0.4, 0.5) is 5.69 Å². The first-order valence-electron chi connectivity index (χ1n) is 8.27. The minimum atomic E-state index is -3.70. The van der Waals surface area contributed by atoms with E-state index >= 15 is 0 Å². The molecule has 0 aromatic heterocycles. The van der Waals surface area contributed by atoms with Gasteiger partial charge < -0.3 is 14.8 Å². The summed E-state index contributed by atoms with van der Waals surface area (Å²) in [7, 11) is -3.70. The second kappa shape index (κ2) is 6.30. The molecule has 0 radical (unpaired) electrons. The molecule has 2 aromatic carbocycles. The highest BCUT2D eigenvalue weighted by molar-refractivity contribution is 7.89. The Bertz CT molecular complexity index is 987. The number of carbonyl (C=O) groups is 1. The van der Waals surface area contributed by atoms with Gasteiger partial charge in [0.2, 0.25) is 22.7 Å². The van der Waals surface area contributed by atoms with Gasteiger partial charge in [0.05, 0.1) is 4.90 Å². The molecule has 2 heterocycles. The van der Waals surface area contributed by atoms with Crippen molar-refractivity contribution in [3.63, 3.8) is 0 Å². The van der Waals surface area contributed by atoms with Crippen molar-refractivity contribution in [2.24, 2.45) is 0 Å². The van der Waals surface area contributed by atoms with Crippen molar-refractivity contribution in [1.29, 1.82) is 0 Å². The monoisotopic (exact) mass is 374 g/mol. The molecule has 0 aliphatic carbocycles. The van der Waals surface area contributed by atoms with Gasteiger partial charge in [-0.2, -0.15) is 0 Å². The lowest BCUT2D eigenvalue weighted by molar-refractivity contribution is -0.116. The molecule has 0 bridgehead atoms. The Kier molecular flexibility index (Phi) is 4.08. The molecule has 26 heavy (non-hydrogen) atoms. The van der Waals surface area contributed by atoms with Gasteiger partial charge in [0.15, 0.2) is 11.5 Å². The van der Waals surface area contributed by atoms with Gasteiger partial charge in [0.25, 0.3) is 0 Å². The minimum Gasteiger partial charge on any atom is -0.454 e. The number of hydrogen-bond donors (Lipinski definition) is 2. The molecular weight excluding hydrogens is 356 g/mol. The summed E-state index contributed by atoms with van der Waals surface area (Å²) in [5.41, 5.74) is 2.27. The molecule has 8 heteroatoms. The molecule has 0 spiro atoms. The summed E-state index contributed by atoms with van der Waals surface area (Å²) < 4.78 is 38.8. The number of nitrogens with one attached hydrogen (secondary N) is 2. The van der Waals surface area contributed by atoms with Gasteiger partial charge in [-0.15, -0.1) is 0 Å². The van der Waals surface area contributed by atoms with Crippen LogP contribution in [0.15, 0.2) is 41.3 Å². The van der Waals surface area contributed by atoms with Crippen molar-refractivity contribution in [3.8, 4) is 11.5 Å². The average Bonchev–Trinajstić information content (AvgIpc) is 3.08. The number of fused-ring (bicyclic) bond motifs is 2. The largest absolute Gasteiger partial charge is 0.454 e. The van der Waals surface area contributed by atoms with E-state index in [1.54, 1.807) is 31.2 Å². The molecular formula is C18H18N2O5S. The number of hydrogen-bond acceptors (Lipinski definition) is 5. The van der Waals surface area contributed by atoms with Crippen LogP contribution in [0.25, 0.3) is 0 Å². The Morgan fingerprint density at radius 2 is 1.88 bits per heavy atom. The fraction of sp³-hybridized carbons (Fsp3) is 0.278. The summed E-state index contributed by atoms with van der Waals surface area (Å²) in [6.07, 6.45) is 0.889. The zero-order valence-corrected chi connectivity index (χ0v) is 14.9. The van der Waals surface area contributed by atoms with Crippen molar-refractivity contribution < 1.29 is 22.7 Å². The lowest BCUT2D eigenvalue weighted by Crippen LogP contribution is -2.27. The second-order valence-corrected chi connectivity index (χ2v) is 8.04. The number of amides is 1. The van der Waals surface area contributed by atoms with Crippen LogP contribution in [-0.2, 0) is 21.2 Å². The van der Waals surface area contributed by atoms with Crippen LogP contribution in [0.3, 0.4) is 0 Å². The van der Waals surface area contributed by atoms with E-state index in [4.69, 9.17) is 9.47 Å². The maximum absolute atomic E-state index is 12.7. The quantitative estimate of drug-likeness (QED) is 0.857. The van der Waals surface area contributed by atoms with Crippen LogP contribution < -0.4 is 19.5 Å². The topological polar surface area (TPSA) is 93.7 Å². The molecule has 0 fully saturated rings. The van der Waals surface area contributed by atoms with E-state index in [1.165, 1.54) is 6.07 Å². The normalized spacial score (nSPS) is 16.7. The van der Waals surface area contributed by atoms with E-state index in [2.05, 4.69) is 10.0 Å². The third kappa shape index (κ3) is 3.13. The summed E-state index contributed by atoms with van der Waals surface area (Å²) in [4.78, 5) is 11.6. The second-order valence-electron chi connectivity index (χ2n) is 6.32. The summed E-state index contributed by atoms with van der Waals surface area (Å²) in [6, 6.07) is 9.66. The average molecular weight is 374 g/mol. The van der Waals surface area contributed by atoms with Gasteiger partial charge in [0, 0.05) is 18.2 Å². The summed E-state index contributed by atoms with van der Waals surface area (Å²) >= 11 is 0. The van der Waals surface area contributed by atoms with Crippen LogP contribution in [-0.4, -0.2) is 21.1 Å². The smallest absolute Gasteiger partial charge is 0.241 e. The molecule has 136 valence electrons. The lowest BCUT2D eigenvalue weighted by atomic mass is 10.0. The Balaban J connectivity index is 1.56. The van der Waals surface area contributed by atoms with Crippen molar-refractivity contribution in [2.45, 2.75) is 30.7 Å². The highest BCUT2D eigenvalue weighted by Crippen LogP contribution is 2.34. The SMILES string of the molecule is CC(NS(=O)(=O)c1ccc2c(c1)CCC(=O)N2)c1ccc2c(c1)OCO2. The number of carbonyl (C=O) groups excluding carboxylic acids is 1. The Morgan fingerprint density at radius 1 is 1.08 bits per heavy atom. The lowest BCUT2D eigenvalue weighted by Gasteiger charge is -2.19. The molecule has 4 rings (SSSR count). The first kappa shape index (κ1) is 16.9. The van der Waals surface area contributed by atoms with Crippen molar-refractivity contribution in [2.75, 3.05) is 12.1 Å². The zero-order valence-electron chi connectivity index (χ0n) is 14.1. The molecule has 1 unspecified atom stereocenters. The van der Waals surface area contributed by atoms with Crippen molar-refractivity contribution >= 4 is 21.6 Å². The predicted molar refractivity (Wildman–Crippen MR) is 94.7 cm³/mol. The van der Waals surface area contributed by atoms with Crippen molar-refractivity contribution in [3.05, 3.63) is 47.5 Å². The first-order valence-corrected chi connectivity index (χ1v) is 9.75. The highest BCUT2D eigenvalue weighted by atomic mass is 32.2. The molecule has 2 aliphatic heterocycles. The fourth-order valence-electron chi connectivity index (χ4n) is 3.08. The standard InChI is InChI=1S/C18H18N2O5S/c1-11(12-2-6-16-17(9-12)25-10-24-16)20-26(22,23)14-4-5-15-13(8-14)3-7-18(21)19-15/h2,4-6,8-9,11,20H,3,7,10H2,1H3,(H,19,21). The molecule has 7 nitrogen and oxygen atoms in total. The maximum atomic E-state index is 12.7. The predicted octanol–water partition coefficient (Wildman–Crippen LogP) is 2.34. The minimum absolute atomic E-state index is 0.0531. The van der Waals surface area contributed by atoms with Gasteiger partial charge >= 0.3 is 0 Å². The van der Waals surface area contributed by atoms with Crippen LogP contribution in [0.1, 0.15) is 30.5 Å². The Hall–Kier alpha value is -2.58. The van der Waals surface area contributed by atoms with Gasteiger partial charge in [-0.05, 0) is 54.8 Å². The van der Waals surface area contributed by atoms with Crippen molar-refractivity contribution in [1.82, 2.24) is 4.72 Å². The molecule has 0 saturated heterocycles. The molecule has 0 saturated carbocycles. The highest BCUT2D eigenvalue weighted by Gasteiger charge is 2.23. The first-order chi connectivity index (χ1) is 12.4. The zero-order chi connectivity index (χ0) is 18.3. The molecule has 1 amide bonds.